The third-order valence-corrected chi connectivity index (χ3v) is 4.36. The van der Waals surface area contributed by atoms with Gasteiger partial charge in [0.2, 0.25) is 0 Å². The van der Waals surface area contributed by atoms with Crippen LogP contribution < -0.4 is 0 Å². The van der Waals surface area contributed by atoms with Crippen LogP contribution in [-0.4, -0.2) is 28.9 Å². The first-order valence-corrected chi connectivity index (χ1v) is 7.24. The molecule has 0 aromatic heterocycles. The summed E-state index contributed by atoms with van der Waals surface area (Å²) in [6.45, 7) is 3.81. The number of benzene rings is 1. The van der Waals surface area contributed by atoms with E-state index in [0.29, 0.717) is 16.1 Å². The van der Waals surface area contributed by atoms with E-state index < -0.39 is 0 Å². The van der Waals surface area contributed by atoms with E-state index >= 15 is 0 Å². The van der Waals surface area contributed by atoms with Gasteiger partial charge in [-0.1, -0.05) is 34.4 Å². The third-order valence-electron chi connectivity index (χ3n) is 3.62. The Morgan fingerprint density at radius 3 is 2.89 bits per heavy atom. The van der Waals surface area contributed by atoms with Gasteiger partial charge in [0.1, 0.15) is 0 Å². The largest absolute Gasteiger partial charge is 0.411 e. The van der Waals surface area contributed by atoms with Crippen molar-refractivity contribution in [2.45, 2.75) is 32.2 Å². The number of nitrogens with zero attached hydrogens (tertiary/aromatic N) is 2. The van der Waals surface area contributed by atoms with Crippen molar-refractivity contribution in [3.8, 4) is 0 Å². The van der Waals surface area contributed by atoms with Crippen LogP contribution in [0.15, 0.2) is 23.4 Å². The van der Waals surface area contributed by atoms with Crippen LogP contribution in [0.3, 0.4) is 0 Å². The Hall–Kier alpha value is -0.770. The fraction of sp³-hybridized carbons (Fsp3) is 0.500. The molecule has 0 aliphatic carbocycles. The van der Waals surface area contributed by atoms with Gasteiger partial charge in [0.25, 0.3) is 0 Å². The van der Waals surface area contributed by atoms with Crippen molar-refractivity contribution in [2.75, 3.05) is 13.1 Å². The molecule has 0 saturated carbocycles. The molecule has 19 heavy (non-hydrogen) atoms. The third kappa shape index (κ3) is 3.62. The second kappa shape index (κ2) is 6.60. The van der Waals surface area contributed by atoms with E-state index in [2.05, 4.69) is 10.1 Å². The summed E-state index contributed by atoms with van der Waals surface area (Å²) >= 11 is 12.0. The van der Waals surface area contributed by atoms with E-state index in [0.717, 1.165) is 31.6 Å². The molecule has 104 valence electrons. The number of rotatable bonds is 4. The molecule has 1 fully saturated rings. The van der Waals surface area contributed by atoms with E-state index in [1.165, 1.54) is 12.0 Å². The van der Waals surface area contributed by atoms with Gasteiger partial charge < -0.3 is 5.21 Å². The lowest BCUT2D eigenvalue weighted by atomic mass is 10.0. The highest BCUT2D eigenvalue weighted by Crippen LogP contribution is 2.34. The van der Waals surface area contributed by atoms with E-state index in [9.17, 15) is 0 Å². The monoisotopic (exact) mass is 300 g/mol. The van der Waals surface area contributed by atoms with Crippen LogP contribution in [0.25, 0.3) is 0 Å². The molecule has 0 radical (unpaired) electrons. The molecule has 3 nitrogen and oxygen atoms in total. The Labute approximate surface area is 123 Å². The Bertz CT molecular complexity index is 477. The molecule has 0 spiro atoms. The van der Waals surface area contributed by atoms with Crippen LogP contribution in [0.2, 0.25) is 10.0 Å². The standard InChI is InChI=1S/C14H18Cl2N2O/c1-10(17-19)6-8-18-7-2-3-14(18)11-4-5-12(15)13(16)9-11/h4-5,9,14,19H,2-3,6-8H2,1H3. The first-order chi connectivity index (χ1) is 9.11. The summed E-state index contributed by atoms with van der Waals surface area (Å²) < 4.78 is 0. The fourth-order valence-electron chi connectivity index (χ4n) is 2.55. The molecule has 1 saturated heterocycles. The van der Waals surface area contributed by atoms with Crippen LogP contribution in [0.1, 0.15) is 37.8 Å². The van der Waals surface area contributed by atoms with Gasteiger partial charge >= 0.3 is 0 Å². The molecule has 1 atom stereocenters. The number of likely N-dealkylation sites (tertiary alicyclic amines) is 1. The zero-order valence-electron chi connectivity index (χ0n) is 10.9. The molecule has 1 aliphatic heterocycles. The normalized spacial score (nSPS) is 21.0. The van der Waals surface area contributed by atoms with Crippen molar-refractivity contribution in [1.29, 1.82) is 0 Å². The number of hydrogen-bond donors (Lipinski definition) is 1. The maximum absolute atomic E-state index is 8.70. The van der Waals surface area contributed by atoms with Crippen molar-refractivity contribution in [3.63, 3.8) is 0 Å². The molecule has 1 N–H and O–H groups in total. The maximum atomic E-state index is 8.70. The number of hydrogen-bond acceptors (Lipinski definition) is 3. The van der Waals surface area contributed by atoms with Gasteiger partial charge in [-0.05, 0) is 44.0 Å². The topological polar surface area (TPSA) is 35.8 Å². The van der Waals surface area contributed by atoms with E-state index in [1.807, 2.05) is 25.1 Å². The van der Waals surface area contributed by atoms with Gasteiger partial charge in [0, 0.05) is 19.0 Å². The van der Waals surface area contributed by atoms with Gasteiger partial charge in [-0.15, -0.1) is 0 Å². The van der Waals surface area contributed by atoms with Crippen molar-refractivity contribution in [1.82, 2.24) is 4.90 Å². The summed E-state index contributed by atoms with van der Waals surface area (Å²) in [6.07, 6.45) is 3.10. The summed E-state index contributed by atoms with van der Waals surface area (Å²) in [7, 11) is 0. The number of halogens is 2. The predicted molar refractivity (Wildman–Crippen MR) is 79.5 cm³/mol. The molecular formula is C14H18Cl2N2O. The highest BCUT2D eigenvalue weighted by molar-refractivity contribution is 6.42. The highest BCUT2D eigenvalue weighted by Gasteiger charge is 2.26. The maximum Gasteiger partial charge on any atom is 0.0595 e. The van der Waals surface area contributed by atoms with Crippen LogP contribution >= 0.6 is 23.2 Å². The van der Waals surface area contributed by atoms with Crippen LogP contribution in [-0.2, 0) is 0 Å². The van der Waals surface area contributed by atoms with E-state index in [4.69, 9.17) is 28.4 Å². The van der Waals surface area contributed by atoms with Gasteiger partial charge in [-0.25, -0.2) is 0 Å². The second-order valence-electron chi connectivity index (χ2n) is 4.95. The minimum absolute atomic E-state index is 0.390. The molecule has 1 unspecified atom stereocenters. The minimum Gasteiger partial charge on any atom is -0.411 e. The van der Waals surface area contributed by atoms with Crippen LogP contribution in [0, 0.1) is 0 Å². The first kappa shape index (κ1) is 14.6. The predicted octanol–water partition coefficient (Wildman–Crippen LogP) is 4.37. The minimum atomic E-state index is 0.390. The Kier molecular flexibility index (Phi) is 5.08. The second-order valence-corrected chi connectivity index (χ2v) is 5.77. The Balaban J connectivity index is 2.07. The zero-order valence-corrected chi connectivity index (χ0v) is 12.5. The lowest BCUT2D eigenvalue weighted by Gasteiger charge is -2.24. The molecule has 1 aromatic rings. The van der Waals surface area contributed by atoms with E-state index in [-0.39, 0.29) is 0 Å². The summed E-state index contributed by atoms with van der Waals surface area (Å²) in [5, 5.41) is 13.1. The zero-order chi connectivity index (χ0) is 13.8. The van der Waals surface area contributed by atoms with Crippen molar-refractivity contribution >= 4 is 28.9 Å². The average Bonchev–Trinajstić information content (AvgIpc) is 2.87. The average molecular weight is 301 g/mol. The van der Waals surface area contributed by atoms with Gasteiger partial charge in [0.05, 0.1) is 15.8 Å². The van der Waals surface area contributed by atoms with Crippen LogP contribution in [0.5, 0.6) is 0 Å². The van der Waals surface area contributed by atoms with Gasteiger partial charge in [-0.2, -0.15) is 0 Å². The Morgan fingerprint density at radius 2 is 2.21 bits per heavy atom. The summed E-state index contributed by atoms with van der Waals surface area (Å²) in [5.41, 5.74) is 1.98. The van der Waals surface area contributed by atoms with Crippen molar-refractivity contribution in [2.24, 2.45) is 5.16 Å². The summed E-state index contributed by atoms with van der Waals surface area (Å²) in [5.74, 6) is 0. The van der Waals surface area contributed by atoms with Crippen molar-refractivity contribution in [3.05, 3.63) is 33.8 Å². The van der Waals surface area contributed by atoms with Crippen molar-refractivity contribution < 1.29 is 5.21 Å². The van der Waals surface area contributed by atoms with Crippen LogP contribution in [0.4, 0.5) is 0 Å². The fourth-order valence-corrected chi connectivity index (χ4v) is 2.85. The smallest absolute Gasteiger partial charge is 0.0595 e. The molecule has 2 rings (SSSR count). The molecule has 5 heteroatoms. The molecule has 0 bridgehead atoms. The SMILES string of the molecule is CC(CCN1CCCC1c1ccc(Cl)c(Cl)c1)=NO. The molecular weight excluding hydrogens is 283 g/mol. The quantitative estimate of drug-likeness (QED) is 0.509. The summed E-state index contributed by atoms with van der Waals surface area (Å²) in [4.78, 5) is 2.41. The first-order valence-electron chi connectivity index (χ1n) is 6.48. The van der Waals surface area contributed by atoms with Gasteiger partial charge in [-0.3, -0.25) is 4.90 Å². The summed E-state index contributed by atoms with van der Waals surface area (Å²) in [6, 6.07) is 6.25. The Morgan fingerprint density at radius 1 is 1.42 bits per heavy atom. The highest BCUT2D eigenvalue weighted by atomic mass is 35.5. The molecule has 1 heterocycles. The lowest BCUT2D eigenvalue weighted by Crippen LogP contribution is -2.25. The van der Waals surface area contributed by atoms with E-state index in [1.54, 1.807) is 0 Å². The number of oxime groups is 1. The lowest BCUT2D eigenvalue weighted by molar-refractivity contribution is 0.262. The van der Waals surface area contributed by atoms with Gasteiger partial charge in [0.15, 0.2) is 0 Å². The molecule has 0 amide bonds. The molecule has 1 aliphatic rings. The molecule has 1 aromatic carbocycles.